The molecule has 1 aromatic carbocycles. The molecule has 0 saturated carbocycles. The van der Waals surface area contributed by atoms with E-state index in [1.54, 1.807) is 24.5 Å². The van der Waals surface area contributed by atoms with Gasteiger partial charge in [0.15, 0.2) is 11.5 Å². The van der Waals surface area contributed by atoms with Gasteiger partial charge in [-0.1, -0.05) is 20.8 Å². The van der Waals surface area contributed by atoms with Crippen molar-refractivity contribution in [1.29, 1.82) is 0 Å². The van der Waals surface area contributed by atoms with Crippen LogP contribution in [0.1, 0.15) is 37.7 Å². The van der Waals surface area contributed by atoms with Crippen LogP contribution in [-0.4, -0.2) is 41.3 Å². The fraction of sp³-hybridized carbons (Fsp3) is 0.318. The van der Waals surface area contributed by atoms with Gasteiger partial charge in [0.1, 0.15) is 10.7 Å². The molecule has 164 valence electrons. The average molecular weight is 426 g/mol. The number of aromatic nitrogens is 4. The molecule has 3 aromatic rings. The molecule has 0 amide bonds. The number of methoxy groups -OCH3 is 3. The van der Waals surface area contributed by atoms with Crippen LogP contribution in [0.3, 0.4) is 0 Å². The summed E-state index contributed by atoms with van der Waals surface area (Å²) in [6.45, 7) is 6.08. The van der Waals surface area contributed by atoms with Gasteiger partial charge in [0.25, 0.3) is 11.1 Å². The second kappa shape index (κ2) is 8.55. The van der Waals surface area contributed by atoms with Crippen LogP contribution >= 0.6 is 0 Å². The van der Waals surface area contributed by atoms with Crippen molar-refractivity contribution in [3.8, 4) is 17.2 Å². The molecule has 0 aliphatic heterocycles. The van der Waals surface area contributed by atoms with Crippen molar-refractivity contribution in [1.82, 2.24) is 19.9 Å². The lowest BCUT2D eigenvalue weighted by atomic mass is 9.90. The molecule has 0 spiro atoms. The summed E-state index contributed by atoms with van der Waals surface area (Å²) in [5.74, 6) is 1.30. The minimum absolute atomic E-state index is 0.0921. The number of aromatic amines is 3. The summed E-state index contributed by atoms with van der Waals surface area (Å²) in [6.07, 6.45) is 4.65. The van der Waals surface area contributed by atoms with Crippen molar-refractivity contribution in [3.63, 3.8) is 0 Å². The van der Waals surface area contributed by atoms with E-state index in [1.807, 2.05) is 20.8 Å². The van der Waals surface area contributed by atoms with Crippen molar-refractivity contribution in [2.75, 3.05) is 21.3 Å². The zero-order valence-corrected chi connectivity index (χ0v) is 18.4. The van der Waals surface area contributed by atoms with E-state index in [1.165, 1.54) is 27.4 Å². The highest BCUT2D eigenvalue weighted by molar-refractivity contribution is 5.61. The molecule has 0 saturated heterocycles. The molecule has 0 aliphatic rings. The lowest BCUT2D eigenvalue weighted by Gasteiger charge is -2.16. The maximum Gasteiger partial charge on any atom is 0.272 e. The minimum atomic E-state index is -0.451. The smallest absolute Gasteiger partial charge is 0.272 e. The molecule has 0 bridgehead atoms. The van der Waals surface area contributed by atoms with Gasteiger partial charge in [0.2, 0.25) is 5.75 Å². The number of imidazole rings is 1. The largest absolute Gasteiger partial charge is 0.493 e. The van der Waals surface area contributed by atoms with E-state index in [2.05, 4.69) is 19.9 Å². The van der Waals surface area contributed by atoms with Gasteiger partial charge in [-0.05, 0) is 29.8 Å². The van der Waals surface area contributed by atoms with E-state index in [0.29, 0.717) is 28.5 Å². The Morgan fingerprint density at radius 1 is 0.871 bits per heavy atom. The summed E-state index contributed by atoms with van der Waals surface area (Å²) in [4.78, 5) is 37.9. The molecule has 0 atom stereocenters. The van der Waals surface area contributed by atoms with Crippen molar-refractivity contribution in [3.05, 3.63) is 66.8 Å². The zero-order valence-electron chi connectivity index (χ0n) is 18.4. The summed E-state index contributed by atoms with van der Waals surface area (Å²) in [6, 6.07) is 3.36. The van der Waals surface area contributed by atoms with Crippen LogP contribution in [-0.2, 0) is 5.41 Å². The van der Waals surface area contributed by atoms with E-state index in [4.69, 9.17) is 14.2 Å². The third-order valence-electron chi connectivity index (χ3n) is 4.68. The highest BCUT2D eigenvalue weighted by Gasteiger charge is 2.19. The summed E-state index contributed by atoms with van der Waals surface area (Å²) in [7, 11) is 4.51. The standard InChI is InChI=1S/C22H26N4O5/c1-22(2,3)19-13(23-11-24-19)10-15-21(28)25-14(20(27)26-15)7-12-8-16(29-4)18(31-6)17(9-12)30-5/h7-11H,1-6H3,(H,23,24)(H,25,28)(H,26,27)/b14-7+,15-10-. The van der Waals surface area contributed by atoms with Crippen molar-refractivity contribution in [2.24, 2.45) is 0 Å². The lowest BCUT2D eigenvalue weighted by Crippen LogP contribution is -2.46. The van der Waals surface area contributed by atoms with Crippen LogP contribution in [0.4, 0.5) is 0 Å². The van der Waals surface area contributed by atoms with Crippen molar-refractivity contribution in [2.45, 2.75) is 26.2 Å². The molecular formula is C22H26N4O5. The molecule has 0 unspecified atom stereocenters. The zero-order chi connectivity index (χ0) is 22.8. The number of rotatable bonds is 5. The van der Waals surface area contributed by atoms with Gasteiger partial charge in [-0.2, -0.15) is 0 Å². The van der Waals surface area contributed by atoms with E-state index in [0.717, 1.165) is 5.69 Å². The fourth-order valence-electron chi connectivity index (χ4n) is 3.20. The quantitative estimate of drug-likeness (QED) is 0.554. The Morgan fingerprint density at radius 3 is 1.90 bits per heavy atom. The van der Waals surface area contributed by atoms with Crippen LogP contribution in [0, 0.1) is 0 Å². The number of benzene rings is 1. The van der Waals surface area contributed by atoms with Gasteiger partial charge >= 0.3 is 0 Å². The Morgan fingerprint density at radius 2 is 1.42 bits per heavy atom. The van der Waals surface area contributed by atoms with E-state index in [9.17, 15) is 9.59 Å². The first-order chi connectivity index (χ1) is 14.7. The summed E-state index contributed by atoms with van der Waals surface area (Å²) in [5.41, 5.74) is 0.953. The van der Waals surface area contributed by atoms with Gasteiger partial charge in [-0.25, -0.2) is 4.98 Å². The van der Waals surface area contributed by atoms with E-state index in [-0.39, 0.29) is 16.1 Å². The predicted molar refractivity (Wildman–Crippen MR) is 117 cm³/mol. The van der Waals surface area contributed by atoms with Gasteiger partial charge in [-0.3, -0.25) is 9.59 Å². The van der Waals surface area contributed by atoms with Crippen LogP contribution in [0.5, 0.6) is 17.2 Å². The first kappa shape index (κ1) is 21.9. The third-order valence-corrected chi connectivity index (χ3v) is 4.68. The Balaban J connectivity index is 2.14. The Hall–Kier alpha value is -3.75. The summed E-state index contributed by atoms with van der Waals surface area (Å²) < 4.78 is 16.0. The maximum atomic E-state index is 12.6. The minimum Gasteiger partial charge on any atom is -0.493 e. The number of hydrogen-bond acceptors (Lipinski definition) is 6. The average Bonchev–Trinajstić information content (AvgIpc) is 3.19. The van der Waals surface area contributed by atoms with Crippen LogP contribution in [0.2, 0.25) is 0 Å². The van der Waals surface area contributed by atoms with Gasteiger partial charge < -0.3 is 29.2 Å². The Kier molecular flexibility index (Phi) is 6.05. The number of nitrogens with one attached hydrogen (secondary N) is 3. The third kappa shape index (κ3) is 4.55. The molecule has 0 fully saturated rings. The highest BCUT2D eigenvalue weighted by atomic mass is 16.5. The molecule has 31 heavy (non-hydrogen) atoms. The molecule has 2 heterocycles. The molecule has 3 N–H and O–H groups in total. The summed E-state index contributed by atoms with van der Waals surface area (Å²) in [5, 5.41) is 0.208. The van der Waals surface area contributed by atoms with Crippen LogP contribution in [0.25, 0.3) is 12.2 Å². The van der Waals surface area contributed by atoms with Crippen LogP contribution in [0.15, 0.2) is 28.0 Å². The molecule has 3 rings (SSSR count). The second-order valence-electron chi connectivity index (χ2n) is 7.90. The van der Waals surface area contributed by atoms with Crippen molar-refractivity contribution < 1.29 is 14.2 Å². The first-order valence-corrected chi connectivity index (χ1v) is 9.58. The highest BCUT2D eigenvalue weighted by Crippen LogP contribution is 2.38. The summed E-state index contributed by atoms with van der Waals surface area (Å²) >= 11 is 0. The topological polar surface area (TPSA) is 122 Å². The lowest BCUT2D eigenvalue weighted by molar-refractivity contribution is 0.324. The first-order valence-electron chi connectivity index (χ1n) is 9.58. The van der Waals surface area contributed by atoms with Gasteiger partial charge in [0, 0.05) is 11.1 Å². The van der Waals surface area contributed by atoms with E-state index >= 15 is 0 Å². The van der Waals surface area contributed by atoms with Crippen LogP contribution < -0.4 is 36.0 Å². The fourth-order valence-corrected chi connectivity index (χ4v) is 3.20. The van der Waals surface area contributed by atoms with Gasteiger partial charge in [0.05, 0.1) is 33.4 Å². The molecular weight excluding hydrogens is 400 g/mol. The molecule has 0 radical (unpaired) electrons. The monoisotopic (exact) mass is 426 g/mol. The number of ether oxygens (including phenoxy) is 3. The molecule has 2 aromatic heterocycles. The van der Waals surface area contributed by atoms with Gasteiger partial charge in [-0.15, -0.1) is 0 Å². The Bertz CT molecular complexity index is 1300. The normalized spacial score (nSPS) is 12.8. The molecule has 9 heteroatoms. The predicted octanol–water partition coefficient (Wildman–Crippen LogP) is 0.767. The molecule has 0 aliphatic carbocycles. The van der Waals surface area contributed by atoms with Crippen molar-refractivity contribution >= 4 is 12.2 Å². The Labute approximate surface area is 178 Å². The molecule has 9 nitrogen and oxygen atoms in total. The SMILES string of the molecule is COc1cc(/C=c2/[nH]c(=O)/c(=C/c3nc[nH]c3C(C)(C)C)[nH]c2=O)cc(OC)c1OC. The number of nitrogens with zero attached hydrogens (tertiary/aromatic N) is 1. The van der Waals surface area contributed by atoms with E-state index < -0.39 is 11.1 Å². The maximum absolute atomic E-state index is 12.6. The number of H-pyrrole nitrogens is 3. The number of hydrogen-bond donors (Lipinski definition) is 3. The second-order valence-corrected chi connectivity index (χ2v) is 7.90.